The number of phenols is 1. The molecule has 0 radical (unpaired) electrons. The SMILES string of the molecule is Cc1nnsc1-c1nc2cc(C(=O)N[C@@H](Cc3c[nH]c4ccc(O)cc34)C(=O)O)ccc2n1C1CCCCC1. The van der Waals surface area contributed by atoms with E-state index in [-0.39, 0.29) is 12.2 Å². The molecule has 2 aromatic carbocycles. The number of aryl methyl sites for hydroxylation is 1. The fourth-order valence-electron chi connectivity index (χ4n) is 5.54. The second-order valence-electron chi connectivity index (χ2n) is 10.1. The first-order valence-corrected chi connectivity index (χ1v) is 13.8. The summed E-state index contributed by atoms with van der Waals surface area (Å²) in [6.45, 7) is 1.92. The Hall–Kier alpha value is -4.25. The smallest absolute Gasteiger partial charge is 0.326 e. The number of benzene rings is 2. The van der Waals surface area contributed by atoms with Crippen molar-refractivity contribution in [1.29, 1.82) is 0 Å². The van der Waals surface area contributed by atoms with Gasteiger partial charge in [-0.2, -0.15) is 0 Å². The number of amides is 1. The number of imidazole rings is 1. The van der Waals surface area contributed by atoms with Crippen LogP contribution in [0.15, 0.2) is 42.6 Å². The summed E-state index contributed by atoms with van der Waals surface area (Å²) in [7, 11) is 0. The van der Waals surface area contributed by atoms with Crippen LogP contribution in [0.5, 0.6) is 5.75 Å². The number of phenolic OH excluding ortho intramolecular Hbond substituents is 1. The molecule has 1 aliphatic rings. The van der Waals surface area contributed by atoms with E-state index >= 15 is 0 Å². The zero-order valence-electron chi connectivity index (χ0n) is 21.3. The largest absolute Gasteiger partial charge is 0.508 e. The van der Waals surface area contributed by atoms with Crippen LogP contribution in [0.4, 0.5) is 0 Å². The quantitative estimate of drug-likeness (QED) is 0.226. The minimum atomic E-state index is -1.16. The number of nitrogens with one attached hydrogen (secondary N) is 2. The summed E-state index contributed by atoms with van der Waals surface area (Å²) in [5.74, 6) is -0.732. The number of carboxylic acids is 1. The molecule has 1 aliphatic carbocycles. The predicted molar refractivity (Wildman–Crippen MR) is 148 cm³/mol. The first-order chi connectivity index (χ1) is 18.9. The van der Waals surface area contributed by atoms with Crippen molar-refractivity contribution in [2.75, 3.05) is 0 Å². The van der Waals surface area contributed by atoms with E-state index < -0.39 is 17.9 Å². The number of aromatic amines is 1. The van der Waals surface area contributed by atoms with Gasteiger partial charge in [0.05, 0.1) is 16.7 Å². The van der Waals surface area contributed by atoms with Crippen LogP contribution in [-0.2, 0) is 11.2 Å². The highest BCUT2D eigenvalue weighted by Gasteiger charge is 2.26. The highest BCUT2D eigenvalue weighted by molar-refractivity contribution is 7.09. The molecule has 0 aliphatic heterocycles. The molecule has 0 saturated heterocycles. The van der Waals surface area contributed by atoms with Gasteiger partial charge in [0.1, 0.15) is 16.7 Å². The van der Waals surface area contributed by atoms with Crippen molar-refractivity contribution >= 4 is 45.3 Å². The summed E-state index contributed by atoms with van der Waals surface area (Å²) in [5, 5.41) is 27.3. The van der Waals surface area contributed by atoms with Crippen LogP contribution in [0.1, 0.15) is 59.8 Å². The number of carboxylic acid groups (broad SMARTS) is 1. The number of nitrogens with zero attached hydrogens (tertiary/aromatic N) is 4. The maximum absolute atomic E-state index is 13.3. The Morgan fingerprint density at radius 2 is 2.00 bits per heavy atom. The molecule has 39 heavy (non-hydrogen) atoms. The third-order valence-electron chi connectivity index (χ3n) is 7.52. The van der Waals surface area contributed by atoms with E-state index in [2.05, 4.69) is 24.5 Å². The molecule has 5 aromatic rings. The van der Waals surface area contributed by atoms with Gasteiger partial charge in [-0.3, -0.25) is 4.79 Å². The van der Waals surface area contributed by atoms with E-state index in [1.165, 1.54) is 18.0 Å². The highest BCUT2D eigenvalue weighted by atomic mass is 32.1. The number of hydrogen-bond acceptors (Lipinski definition) is 7. The van der Waals surface area contributed by atoms with E-state index in [0.717, 1.165) is 53.1 Å². The molecule has 6 rings (SSSR count). The number of H-pyrrole nitrogens is 1. The minimum absolute atomic E-state index is 0.0604. The first-order valence-electron chi connectivity index (χ1n) is 13.0. The summed E-state index contributed by atoms with van der Waals surface area (Å²) in [4.78, 5) is 34.3. The zero-order chi connectivity index (χ0) is 27.1. The fraction of sp³-hybridized carbons (Fsp3) is 0.321. The van der Waals surface area contributed by atoms with Crippen LogP contribution < -0.4 is 5.32 Å². The standard InChI is InChI=1S/C28H28N6O4S/c1-15-25(39-33-32-15)26-30-22-11-16(7-10-24(22)34(26)18-5-3-2-4-6-18)27(36)31-23(28(37)38)12-17-14-29-21-9-8-19(35)13-20(17)21/h7-11,13-14,18,23,29,35H,2-6,12H2,1H3,(H,31,36)(H,37,38)/t23-/m0/s1. The molecule has 10 nitrogen and oxygen atoms in total. The number of aliphatic carboxylic acids is 1. The van der Waals surface area contributed by atoms with Crippen molar-refractivity contribution in [2.45, 2.75) is 57.5 Å². The number of fused-ring (bicyclic) bond motifs is 2. The third-order valence-corrected chi connectivity index (χ3v) is 8.35. The van der Waals surface area contributed by atoms with Crippen LogP contribution in [-0.4, -0.2) is 52.3 Å². The Morgan fingerprint density at radius 3 is 2.74 bits per heavy atom. The summed E-state index contributed by atoms with van der Waals surface area (Å²) < 4.78 is 6.37. The second kappa shape index (κ2) is 10.1. The molecule has 1 fully saturated rings. The maximum atomic E-state index is 13.3. The van der Waals surface area contributed by atoms with Gasteiger partial charge in [-0.1, -0.05) is 23.8 Å². The average molecular weight is 545 g/mol. The Bertz CT molecular complexity index is 1700. The molecule has 1 atom stereocenters. The van der Waals surface area contributed by atoms with Gasteiger partial charge < -0.3 is 25.1 Å². The molecule has 4 N–H and O–H groups in total. The Morgan fingerprint density at radius 1 is 1.18 bits per heavy atom. The van der Waals surface area contributed by atoms with E-state index in [0.29, 0.717) is 28.1 Å². The monoisotopic (exact) mass is 544 g/mol. The molecule has 0 spiro atoms. The molecule has 1 saturated carbocycles. The lowest BCUT2D eigenvalue weighted by Crippen LogP contribution is -2.42. The maximum Gasteiger partial charge on any atom is 0.326 e. The van der Waals surface area contributed by atoms with E-state index in [4.69, 9.17) is 4.98 Å². The fourth-order valence-corrected chi connectivity index (χ4v) is 6.19. The Kier molecular flexibility index (Phi) is 6.51. The van der Waals surface area contributed by atoms with Gasteiger partial charge in [-0.15, -0.1) is 5.10 Å². The van der Waals surface area contributed by atoms with E-state index in [1.54, 1.807) is 36.5 Å². The van der Waals surface area contributed by atoms with Gasteiger partial charge in [0.15, 0.2) is 5.82 Å². The van der Waals surface area contributed by atoms with Crippen LogP contribution in [0.3, 0.4) is 0 Å². The molecule has 1 amide bonds. The number of aromatic hydroxyl groups is 1. The lowest BCUT2D eigenvalue weighted by Gasteiger charge is -2.25. The molecule has 200 valence electrons. The molecular formula is C28H28N6O4S. The van der Waals surface area contributed by atoms with E-state index in [1.807, 2.05) is 13.0 Å². The van der Waals surface area contributed by atoms with Crippen molar-refractivity contribution in [1.82, 2.24) is 29.4 Å². The lowest BCUT2D eigenvalue weighted by molar-refractivity contribution is -0.139. The summed E-state index contributed by atoms with van der Waals surface area (Å²) in [6, 6.07) is 9.37. The van der Waals surface area contributed by atoms with Crippen molar-refractivity contribution in [3.8, 4) is 16.5 Å². The van der Waals surface area contributed by atoms with Gasteiger partial charge >= 0.3 is 5.97 Å². The van der Waals surface area contributed by atoms with Crippen molar-refractivity contribution < 1.29 is 19.8 Å². The number of hydrogen-bond donors (Lipinski definition) is 4. The lowest BCUT2D eigenvalue weighted by atomic mass is 9.95. The van der Waals surface area contributed by atoms with Crippen LogP contribution in [0.2, 0.25) is 0 Å². The normalized spacial score (nSPS) is 15.1. The molecule has 3 aromatic heterocycles. The average Bonchev–Trinajstić information content (AvgIpc) is 3.64. The van der Waals surface area contributed by atoms with Gasteiger partial charge in [0.2, 0.25) is 0 Å². The Balaban J connectivity index is 1.31. The van der Waals surface area contributed by atoms with Gasteiger partial charge in [0.25, 0.3) is 5.91 Å². The molecule has 11 heteroatoms. The van der Waals surface area contributed by atoms with Crippen molar-refractivity contribution in [2.24, 2.45) is 0 Å². The third kappa shape index (κ3) is 4.74. The van der Waals surface area contributed by atoms with Gasteiger partial charge in [0, 0.05) is 35.1 Å². The molecule has 3 heterocycles. The van der Waals surface area contributed by atoms with Gasteiger partial charge in [-0.25, -0.2) is 9.78 Å². The van der Waals surface area contributed by atoms with Crippen LogP contribution >= 0.6 is 11.5 Å². The number of carbonyl (C=O) groups is 2. The molecule has 0 bridgehead atoms. The van der Waals surface area contributed by atoms with Crippen molar-refractivity contribution in [3.05, 3.63) is 59.4 Å². The summed E-state index contributed by atoms with van der Waals surface area (Å²) in [6.07, 6.45) is 7.45. The summed E-state index contributed by atoms with van der Waals surface area (Å²) in [5.41, 5.74) is 4.24. The molecular weight excluding hydrogens is 516 g/mol. The van der Waals surface area contributed by atoms with Gasteiger partial charge in [-0.05, 0) is 73.3 Å². The number of rotatable bonds is 7. The number of carbonyl (C=O) groups excluding carboxylic acids is 1. The minimum Gasteiger partial charge on any atom is -0.508 e. The first kappa shape index (κ1) is 25.1. The van der Waals surface area contributed by atoms with Crippen LogP contribution in [0.25, 0.3) is 32.6 Å². The molecule has 0 unspecified atom stereocenters. The second-order valence-corrected chi connectivity index (χ2v) is 10.9. The van der Waals surface area contributed by atoms with Crippen molar-refractivity contribution in [3.63, 3.8) is 0 Å². The van der Waals surface area contributed by atoms with Crippen LogP contribution in [0, 0.1) is 6.92 Å². The topological polar surface area (TPSA) is 146 Å². The summed E-state index contributed by atoms with van der Waals surface area (Å²) >= 11 is 1.31. The predicted octanol–water partition coefficient (Wildman–Crippen LogP) is 4.98. The zero-order valence-corrected chi connectivity index (χ0v) is 22.2. The highest BCUT2D eigenvalue weighted by Crippen LogP contribution is 2.37. The number of aromatic nitrogens is 5. The van der Waals surface area contributed by atoms with E-state index in [9.17, 15) is 19.8 Å². The Labute approximate surface area is 227 Å².